The normalized spacial score (nSPS) is 16.8. The molecule has 1 aromatic heterocycles. The second-order valence-corrected chi connectivity index (χ2v) is 8.42. The molecular formula is C26H30N4O2. The molecule has 6 heteroatoms. The molecule has 0 spiro atoms. The van der Waals surface area contributed by atoms with Gasteiger partial charge in [-0.1, -0.05) is 61.5 Å². The average molecular weight is 431 g/mol. The van der Waals surface area contributed by atoms with Gasteiger partial charge in [-0.3, -0.25) is 14.3 Å². The van der Waals surface area contributed by atoms with Gasteiger partial charge < -0.3 is 9.80 Å². The summed E-state index contributed by atoms with van der Waals surface area (Å²) < 4.78 is 1.63. The highest BCUT2D eigenvalue weighted by molar-refractivity contribution is 5.93. The van der Waals surface area contributed by atoms with Gasteiger partial charge in [0.15, 0.2) is 0 Å². The smallest absolute Gasteiger partial charge is 0.274 e. The molecule has 0 N–H and O–H groups in total. The highest BCUT2D eigenvalue weighted by Crippen LogP contribution is 2.23. The Labute approximate surface area is 189 Å². The Morgan fingerprint density at radius 2 is 1.72 bits per heavy atom. The molecule has 2 aromatic carbocycles. The number of aromatic nitrogens is 2. The summed E-state index contributed by atoms with van der Waals surface area (Å²) in [5, 5.41) is 4.27. The summed E-state index contributed by atoms with van der Waals surface area (Å²) in [7, 11) is 1.80. The first-order valence-electron chi connectivity index (χ1n) is 11.3. The van der Waals surface area contributed by atoms with Crippen molar-refractivity contribution in [3.05, 3.63) is 78.1 Å². The quantitative estimate of drug-likeness (QED) is 0.600. The molecule has 1 aliphatic heterocycles. The fourth-order valence-electron chi connectivity index (χ4n) is 4.31. The second kappa shape index (κ2) is 9.81. The number of nitrogens with zero attached hydrogens (tertiary/aromatic N) is 4. The number of carbonyl (C=O) groups excluding carboxylic acids is 2. The zero-order valence-electron chi connectivity index (χ0n) is 18.8. The van der Waals surface area contributed by atoms with Gasteiger partial charge in [-0.2, -0.15) is 5.10 Å². The van der Waals surface area contributed by atoms with Crippen LogP contribution in [-0.2, 0) is 18.3 Å². The molecule has 166 valence electrons. The molecule has 1 saturated heterocycles. The van der Waals surface area contributed by atoms with E-state index in [0.29, 0.717) is 38.3 Å². The zero-order valence-corrected chi connectivity index (χ0v) is 18.8. The lowest BCUT2D eigenvalue weighted by atomic mass is 9.95. The minimum Gasteiger partial charge on any atom is -0.341 e. The first kappa shape index (κ1) is 21.8. The van der Waals surface area contributed by atoms with Gasteiger partial charge in [-0.15, -0.1) is 0 Å². The highest BCUT2D eigenvalue weighted by atomic mass is 16.2. The molecule has 6 nitrogen and oxygen atoms in total. The fourth-order valence-corrected chi connectivity index (χ4v) is 4.31. The Hall–Kier alpha value is -3.41. The monoisotopic (exact) mass is 430 g/mol. The number of aryl methyl sites for hydroxylation is 1. The first-order chi connectivity index (χ1) is 15.5. The van der Waals surface area contributed by atoms with Crippen molar-refractivity contribution in [3.63, 3.8) is 0 Å². The van der Waals surface area contributed by atoms with Gasteiger partial charge in [0.2, 0.25) is 5.91 Å². The lowest BCUT2D eigenvalue weighted by molar-refractivity contribution is -0.134. The van der Waals surface area contributed by atoms with Crippen molar-refractivity contribution in [1.82, 2.24) is 19.6 Å². The minimum absolute atomic E-state index is 0.110. The van der Waals surface area contributed by atoms with Crippen LogP contribution in [0.3, 0.4) is 0 Å². The Balaban J connectivity index is 1.53. The molecule has 0 aliphatic carbocycles. The maximum Gasteiger partial charge on any atom is 0.274 e. The van der Waals surface area contributed by atoms with E-state index in [1.165, 1.54) is 5.56 Å². The number of hydrogen-bond donors (Lipinski definition) is 0. The molecule has 2 heterocycles. The first-order valence-corrected chi connectivity index (χ1v) is 11.3. The van der Waals surface area contributed by atoms with Crippen LogP contribution >= 0.6 is 0 Å². The van der Waals surface area contributed by atoms with Crippen molar-refractivity contribution < 1.29 is 9.59 Å². The van der Waals surface area contributed by atoms with Crippen molar-refractivity contribution in [3.8, 4) is 11.1 Å². The van der Waals surface area contributed by atoms with Gasteiger partial charge in [0, 0.05) is 39.4 Å². The van der Waals surface area contributed by atoms with Crippen LogP contribution in [0, 0.1) is 5.92 Å². The maximum atomic E-state index is 13.3. The summed E-state index contributed by atoms with van der Waals surface area (Å²) in [4.78, 5) is 30.1. The van der Waals surface area contributed by atoms with Crippen molar-refractivity contribution in [1.29, 1.82) is 0 Å². The van der Waals surface area contributed by atoms with E-state index >= 15 is 0 Å². The predicted molar refractivity (Wildman–Crippen MR) is 125 cm³/mol. The van der Waals surface area contributed by atoms with Crippen LogP contribution in [0.4, 0.5) is 0 Å². The third kappa shape index (κ3) is 4.90. The number of benzene rings is 2. The van der Waals surface area contributed by atoms with Gasteiger partial charge in [0.1, 0.15) is 5.69 Å². The zero-order chi connectivity index (χ0) is 22.5. The number of rotatable bonds is 6. The minimum atomic E-state index is -0.265. The molecule has 4 rings (SSSR count). The Morgan fingerprint density at radius 3 is 2.38 bits per heavy atom. The molecule has 1 atom stereocenters. The SMILES string of the molecule is CCCN1CCN(C(=O)c2ccn(C)n2)CC(Cc2ccc(-c3ccccc3)cc2)C1=O. The van der Waals surface area contributed by atoms with Crippen LogP contribution in [0.25, 0.3) is 11.1 Å². The highest BCUT2D eigenvalue weighted by Gasteiger charge is 2.32. The Kier molecular flexibility index (Phi) is 6.69. The largest absolute Gasteiger partial charge is 0.341 e. The summed E-state index contributed by atoms with van der Waals surface area (Å²) in [6, 6.07) is 20.4. The van der Waals surface area contributed by atoms with Crippen LogP contribution in [0.15, 0.2) is 66.9 Å². The van der Waals surface area contributed by atoms with Gasteiger partial charge in [-0.05, 0) is 35.6 Å². The Morgan fingerprint density at radius 1 is 1.00 bits per heavy atom. The fraction of sp³-hybridized carbons (Fsp3) is 0.346. The van der Waals surface area contributed by atoms with E-state index in [4.69, 9.17) is 0 Å². The molecule has 3 aromatic rings. The predicted octanol–water partition coefficient (Wildman–Crippen LogP) is 3.64. The van der Waals surface area contributed by atoms with Gasteiger partial charge >= 0.3 is 0 Å². The van der Waals surface area contributed by atoms with Crippen LogP contribution in [-0.4, -0.2) is 57.6 Å². The van der Waals surface area contributed by atoms with Crippen LogP contribution in [0.2, 0.25) is 0 Å². The molecular weight excluding hydrogens is 400 g/mol. The molecule has 1 aliphatic rings. The molecule has 2 amide bonds. The van der Waals surface area contributed by atoms with E-state index in [1.807, 2.05) is 23.1 Å². The molecule has 0 bridgehead atoms. The van der Waals surface area contributed by atoms with E-state index in [-0.39, 0.29) is 17.7 Å². The average Bonchev–Trinajstić information content (AvgIpc) is 3.20. The standard InChI is InChI=1S/C26H30N4O2/c1-3-14-29-16-17-30(26(32)24-13-15-28(2)27-24)19-23(25(29)31)18-20-9-11-22(12-10-20)21-7-5-4-6-8-21/h4-13,15,23H,3,14,16-19H2,1-2H3. The van der Waals surface area contributed by atoms with Crippen LogP contribution in [0.1, 0.15) is 29.4 Å². The summed E-state index contributed by atoms with van der Waals surface area (Å²) in [5.74, 6) is -0.240. The lowest BCUT2D eigenvalue weighted by Crippen LogP contribution is -2.38. The van der Waals surface area contributed by atoms with Crippen molar-refractivity contribution >= 4 is 11.8 Å². The van der Waals surface area contributed by atoms with E-state index in [2.05, 4.69) is 48.4 Å². The molecule has 1 unspecified atom stereocenters. The van der Waals surface area contributed by atoms with E-state index in [0.717, 1.165) is 17.5 Å². The maximum absolute atomic E-state index is 13.3. The van der Waals surface area contributed by atoms with Gasteiger partial charge in [-0.25, -0.2) is 0 Å². The molecule has 1 fully saturated rings. The van der Waals surface area contributed by atoms with Gasteiger partial charge in [0.25, 0.3) is 5.91 Å². The van der Waals surface area contributed by atoms with Crippen molar-refractivity contribution in [2.24, 2.45) is 13.0 Å². The topological polar surface area (TPSA) is 58.4 Å². The van der Waals surface area contributed by atoms with E-state index in [1.54, 1.807) is 28.9 Å². The number of carbonyl (C=O) groups is 2. The number of hydrogen-bond acceptors (Lipinski definition) is 3. The van der Waals surface area contributed by atoms with Gasteiger partial charge in [0.05, 0.1) is 5.92 Å². The van der Waals surface area contributed by atoms with Crippen LogP contribution < -0.4 is 0 Å². The Bertz CT molecular complexity index is 1060. The summed E-state index contributed by atoms with van der Waals surface area (Å²) in [6.45, 7) is 4.30. The van der Waals surface area contributed by atoms with Crippen molar-refractivity contribution in [2.75, 3.05) is 26.2 Å². The lowest BCUT2D eigenvalue weighted by Gasteiger charge is -2.23. The third-order valence-electron chi connectivity index (χ3n) is 6.00. The van der Waals surface area contributed by atoms with E-state index < -0.39 is 0 Å². The van der Waals surface area contributed by atoms with E-state index in [9.17, 15) is 9.59 Å². The summed E-state index contributed by atoms with van der Waals surface area (Å²) in [5.41, 5.74) is 3.86. The molecule has 0 radical (unpaired) electrons. The summed E-state index contributed by atoms with van der Waals surface area (Å²) in [6.07, 6.45) is 3.28. The second-order valence-electron chi connectivity index (χ2n) is 8.42. The van der Waals surface area contributed by atoms with Crippen molar-refractivity contribution in [2.45, 2.75) is 19.8 Å². The number of amides is 2. The molecule has 32 heavy (non-hydrogen) atoms. The van der Waals surface area contributed by atoms with Crippen LogP contribution in [0.5, 0.6) is 0 Å². The summed E-state index contributed by atoms with van der Waals surface area (Å²) >= 11 is 0. The third-order valence-corrected chi connectivity index (χ3v) is 6.00. The molecule has 0 saturated carbocycles.